The molecular formula is C40H68N2O30. The van der Waals surface area contributed by atoms with Gasteiger partial charge in [0.15, 0.2) is 37.7 Å². The van der Waals surface area contributed by atoms with Crippen LogP contribution in [0.15, 0.2) is 0 Å². The van der Waals surface area contributed by atoms with Crippen LogP contribution in [-0.4, -0.2) is 316 Å². The Labute approximate surface area is 408 Å². The van der Waals surface area contributed by atoms with Crippen LogP contribution in [0.2, 0.25) is 0 Å². The Morgan fingerprint density at radius 2 is 0.819 bits per heavy atom. The van der Waals surface area contributed by atoms with E-state index < -0.39 is 229 Å². The van der Waals surface area contributed by atoms with Gasteiger partial charge in [-0.15, -0.1) is 0 Å². The second-order valence-corrected chi connectivity index (χ2v) is 18.3. The predicted molar refractivity (Wildman–Crippen MR) is 221 cm³/mol. The van der Waals surface area contributed by atoms with Crippen LogP contribution in [0.1, 0.15) is 20.8 Å². The molecule has 0 radical (unpaired) electrons. The van der Waals surface area contributed by atoms with Gasteiger partial charge in [-0.25, -0.2) is 0 Å². The van der Waals surface area contributed by atoms with Crippen molar-refractivity contribution in [1.82, 2.24) is 10.6 Å². The van der Waals surface area contributed by atoms with Crippen LogP contribution in [0.4, 0.5) is 0 Å². The zero-order valence-electron chi connectivity index (χ0n) is 38.8. The van der Waals surface area contributed by atoms with Gasteiger partial charge in [0.25, 0.3) is 0 Å². The number of rotatable bonds is 17. The molecule has 1 unspecified atom stereocenters. The SMILES string of the molecule is CC(=O)N[C@H]1[C@H](OC[C@H]2OC(O)[C@H](NC(C)=O)[C@@H](O)[C@H]2O)O[C@H](CO)[C@@H](O[C@@H]2O[C@H](CO)[C@H](O[C@H]3O[C@H](CO)[C@H](O)[C@H](O[C@H]4O[C@H](CO)[C@H](O)[C@H](O)[C@H]4O[C@@H]4O[C@@H](C)[C@@H](O)[C@@H](O)[C@@H]4O)[C@H]3O)[C@H](O)[C@H]2O)[C@@H]1O. The summed E-state index contributed by atoms with van der Waals surface area (Å²) in [6, 6.07) is -3.00. The molecule has 0 bridgehead atoms. The highest BCUT2D eigenvalue weighted by Crippen LogP contribution is 2.36. The average molecular weight is 1060 g/mol. The number of ether oxygens (including phenoxy) is 11. The topological polar surface area (TPSA) is 504 Å². The third-order valence-electron chi connectivity index (χ3n) is 13.2. The molecule has 6 aliphatic rings. The molecule has 0 aromatic heterocycles. The average Bonchev–Trinajstić information content (AvgIpc) is 3.34. The Bertz CT molecular complexity index is 1730. The van der Waals surface area contributed by atoms with Gasteiger partial charge in [0.1, 0.15) is 140 Å². The first-order valence-corrected chi connectivity index (χ1v) is 23.0. The molecule has 2 amide bonds. The molecule has 6 saturated heterocycles. The van der Waals surface area contributed by atoms with Crippen molar-refractivity contribution < 1.29 is 149 Å². The van der Waals surface area contributed by atoms with Crippen LogP contribution in [0.5, 0.6) is 0 Å². The van der Waals surface area contributed by atoms with E-state index in [2.05, 4.69) is 10.6 Å². The third-order valence-corrected chi connectivity index (χ3v) is 13.2. The maximum Gasteiger partial charge on any atom is 0.217 e. The molecule has 0 aromatic rings. The lowest BCUT2D eigenvalue weighted by Gasteiger charge is -2.50. The largest absolute Gasteiger partial charge is 0.394 e. The van der Waals surface area contributed by atoms with Crippen molar-refractivity contribution in [3.63, 3.8) is 0 Å². The fourth-order valence-corrected chi connectivity index (χ4v) is 9.15. The third kappa shape index (κ3) is 12.6. The first-order valence-electron chi connectivity index (χ1n) is 23.0. The molecule has 72 heavy (non-hydrogen) atoms. The number of hydrogen-bond acceptors (Lipinski definition) is 30. The second-order valence-electron chi connectivity index (χ2n) is 18.3. The van der Waals surface area contributed by atoms with Gasteiger partial charge >= 0.3 is 0 Å². The van der Waals surface area contributed by atoms with Crippen LogP contribution in [-0.2, 0) is 61.7 Å². The summed E-state index contributed by atoms with van der Waals surface area (Å²) in [5.41, 5.74) is 0. The lowest BCUT2D eigenvalue weighted by atomic mass is 9.94. The van der Waals surface area contributed by atoms with Gasteiger partial charge in [0.2, 0.25) is 11.8 Å². The van der Waals surface area contributed by atoms with E-state index in [-0.39, 0.29) is 0 Å². The smallest absolute Gasteiger partial charge is 0.217 e. The Hall–Kier alpha value is -2.18. The minimum absolute atomic E-state index is 0.651. The number of hydrogen-bond donors (Lipinski definition) is 19. The Morgan fingerprint density at radius 1 is 0.389 bits per heavy atom. The van der Waals surface area contributed by atoms with E-state index in [0.29, 0.717) is 0 Å². The van der Waals surface area contributed by atoms with Crippen LogP contribution in [0.3, 0.4) is 0 Å². The molecule has 6 rings (SSSR count). The fourth-order valence-electron chi connectivity index (χ4n) is 9.15. The molecule has 6 heterocycles. The number of aliphatic hydroxyl groups is 17. The van der Waals surface area contributed by atoms with Crippen LogP contribution < -0.4 is 10.6 Å². The van der Waals surface area contributed by atoms with E-state index >= 15 is 0 Å². The molecule has 6 fully saturated rings. The molecule has 418 valence electrons. The maximum atomic E-state index is 12.3. The van der Waals surface area contributed by atoms with Gasteiger partial charge in [0, 0.05) is 13.8 Å². The molecular weight excluding hydrogens is 988 g/mol. The number of carbonyl (C=O) groups excluding carboxylic acids is 2. The summed E-state index contributed by atoms with van der Waals surface area (Å²) in [5.74, 6) is -1.41. The van der Waals surface area contributed by atoms with Crippen LogP contribution in [0, 0.1) is 0 Å². The van der Waals surface area contributed by atoms with Crippen molar-refractivity contribution in [2.24, 2.45) is 0 Å². The fraction of sp³-hybridized carbons (Fsp3) is 0.950. The molecule has 0 saturated carbocycles. The monoisotopic (exact) mass is 1060 g/mol. The van der Waals surface area contributed by atoms with Gasteiger partial charge in [-0.05, 0) is 6.92 Å². The molecule has 0 spiro atoms. The summed E-state index contributed by atoms with van der Waals surface area (Å²) in [6.45, 7) is -1.13. The minimum atomic E-state index is -2.20. The van der Waals surface area contributed by atoms with Crippen molar-refractivity contribution in [3.05, 3.63) is 0 Å². The molecule has 32 heteroatoms. The van der Waals surface area contributed by atoms with Crippen molar-refractivity contribution in [2.75, 3.05) is 33.0 Å². The Kier molecular flexibility index (Phi) is 20.8. The summed E-state index contributed by atoms with van der Waals surface area (Å²) in [6.07, 6.45) is -51.4. The second kappa shape index (κ2) is 25.3. The minimum Gasteiger partial charge on any atom is -0.394 e. The molecule has 19 N–H and O–H groups in total. The van der Waals surface area contributed by atoms with Crippen molar-refractivity contribution in [1.29, 1.82) is 0 Å². The summed E-state index contributed by atoms with van der Waals surface area (Å²) >= 11 is 0. The number of aliphatic hydroxyl groups excluding tert-OH is 17. The van der Waals surface area contributed by atoms with Gasteiger partial charge in [-0.1, -0.05) is 0 Å². The van der Waals surface area contributed by atoms with E-state index in [0.717, 1.165) is 13.8 Å². The van der Waals surface area contributed by atoms with Gasteiger partial charge in [0.05, 0.1) is 39.1 Å². The van der Waals surface area contributed by atoms with E-state index in [9.17, 15) is 96.4 Å². The maximum absolute atomic E-state index is 12.3. The van der Waals surface area contributed by atoms with E-state index in [1.807, 2.05) is 0 Å². The molecule has 6 aliphatic heterocycles. The molecule has 30 atom stereocenters. The first-order chi connectivity index (χ1) is 34.0. The molecule has 0 aliphatic carbocycles. The normalized spacial score (nSPS) is 50.3. The number of amides is 2. The summed E-state index contributed by atoms with van der Waals surface area (Å²) in [4.78, 5) is 23.8. The lowest BCUT2D eigenvalue weighted by Crippen LogP contribution is -2.69. The zero-order chi connectivity index (χ0) is 53.2. The Balaban J connectivity index is 1.14. The number of nitrogens with one attached hydrogen (secondary N) is 2. The van der Waals surface area contributed by atoms with Gasteiger partial charge in [-0.2, -0.15) is 0 Å². The van der Waals surface area contributed by atoms with E-state index in [1.165, 1.54) is 6.92 Å². The molecule has 0 aromatic carbocycles. The lowest BCUT2D eigenvalue weighted by molar-refractivity contribution is -0.398. The number of carbonyl (C=O) groups is 2. The predicted octanol–water partition coefficient (Wildman–Crippen LogP) is -12.8. The first kappa shape index (κ1) is 59.1. The highest BCUT2D eigenvalue weighted by atomic mass is 16.8. The molecule has 32 nitrogen and oxygen atoms in total. The Morgan fingerprint density at radius 3 is 1.40 bits per heavy atom. The van der Waals surface area contributed by atoms with Gasteiger partial charge in [-0.3, -0.25) is 9.59 Å². The highest BCUT2D eigenvalue weighted by molar-refractivity contribution is 5.73. The van der Waals surface area contributed by atoms with Gasteiger partial charge < -0.3 is 150 Å². The van der Waals surface area contributed by atoms with Crippen molar-refractivity contribution >= 4 is 11.8 Å². The van der Waals surface area contributed by atoms with Crippen LogP contribution >= 0.6 is 0 Å². The summed E-state index contributed by atoms with van der Waals surface area (Å²) in [5, 5.41) is 187. The standard InChI is InChI=1S/C40H68N2O30/c1-9-19(49)25(55)28(58)37(63-9)72-34-26(56)20(50)12(4-43)66-40(34)71-33-22(52)13(5-44)65-39(30(33)60)70-32-15(7-46)68-38(29(59)27(32)57)69-31-14(6-45)67-36(18(24(31)54)42-11(3)48)62-8-16-21(51)23(53)17(35(61)64-16)41-10(2)47/h9,12-40,43-46,49-61H,4-8H2,1-3H3,(H,41,47)(H,42,48)/t9-,12+,13+,14+,15+,16+,17+,18+,19+,20-,21-,22-,23+,24+,25+,26-,27+,28-,29+,30+,31+,32-,33-,34+,35?,36+,37-,38-,39+,40+/m0/s1. The summed E-state index contributed by atoms with van der Waals surface area (Å²) in [7, 11) is 0. The zero-order valence-corrected chi connectivity index (χ0v) is 38.8. The van der Waals surface area contributed by atoms with Crippen LogP contribution in [0.25, 0.3) is 0 Å². The summed E-state index contributed by atoms with van der Waals surface area (Å²) < 4.78 is 62.4. The quantitative estimate of drug-likeness (QED) is 0.0643. The highest BCUT2D eigenvalue weighted by Gasteiger charge is 2.57. The van der Waals surface area contributed by atoms with E-state index in [4.69, 9.17) is 52.1 Å². The van der Waals surface area contributed by atoms with Crippen molar-refractivity contribution in [3.8, 4) is 0 Å². The van der Waals surface area contributed by atoms with E-state index in [1.54, 1.807) is 0 Å². The van der Waals surface area contributed by atoms with Crippen molar-refractivity contribution in [2.45, 2.75) is 205 Å².